The fraction of sp³-hybridized carbons (Fsp3) is 1.00. The van der Waals surface area contributed by atoms with Gasteiger partial charge in [0.25, 0.3) is 0 Å². The van der Waals surface area contributed by atoms with E-state index in [4.69, 9.17) is 14.2 Å². The van der Waals surface area contributed by atoms with E-state index in [2.05, 4.69) is 20.8 Å². The highest BCUT2D eigenvalue weighted by Crippen LogP contribution is 2.65. The standard InChI is InChI=1S/C33H60O10/c1-19(15-34)7-6-8-20(2)27(24(37)16-35)31(3)11-10-26-32(4)12-9-21(13-22(32)23(36)14-33(26,40)18-31)43-30-29(41-5)28(39)25(38)17-42-30/h19-30,34-40H,6-18H2,1-5H3/t19-,20+,21-,22?,23-,24-,25+,26?,27-,28-,29+,30-,31-,32-,33+/m0/s1. The summed E-state index contributed by atoms with van der Waals surface area (Å²) in [7, 11) is 1.45. The van der Waals surface area contributed by atoms with E-state index in [0.29, 0.717) is 19.3 Å². The maximum atomic E-state index is 12.4. The van der Waals surface area contributed by atoms with E-state index in [1.807, 2.05) is 6.92 Å². The minimum absolute atomic E-state index is 0.00956. The van der Waals surface area contributed by atoms with Crippen LogP contribution in [-0.2, 0) is 14.2 Å². The third-order valence-electron chi connectivity index (χ3n) is 12.3. The summed E-state index contributed by atoms with van der Waals surface area (Å²) < 4.78 is 17.4. The summed E-state index contributed by atoms with van der Waals surface area (Å²) in [6, 6.07) is 0. The van der Waals surface area contributed by atoms with Crippen molar-refractivity contribution in [2.24, 2.45) is 40.4 Å². The molecule has 4 rings (SSSR count). The van der Waals surface area contributed by atoms with Gasteiger partial charge in [0.1, 0.15) is 18.3 Å². The highest BCUT2D eigenvalue weighted by Gasteiger charge is 2.64. The molecule has 15 atom stereocenters. The van der Waals surface area contributed by atoms with Crippen molar-refractivity contribution in [1.82, 2.24) is 0 Å². The van der Waals surface area contributed by atoms with E-state index in [1.165, 1.54) is 7.11 Å². The molecule has 4 fully saturated rings. The topological polar surface area (TPSA) is 169 Å². The molecule has 2 unspecified atom stereocenters. The van der Waals surface area contributed by atoms with Crippen LogP contribution in [0.5, 0.6) is 0 Å². The lowest BCUT2D eigenvalue weighted by atomic mass is 9.43. The molecule has 3 aliphatic carbocycles. The first-order chi connectivity index (χ1) is 20.2. The lowest BCUT2D eigenvalue weighted by Crippen LogP contribution is -2.65. The highest BCUT2D eigenvalue weighted by atomic mass is 16.7. The van der Waals surface area contributed by atoms with Crippen molar-refractivity contribution in [3.05, 3.63) is 0 Å². The van der Waals surface area contributed by atoms with Crippen LogP contribution >= 0.6 is 0 Å². The van der Waals surface area contributed by atoms with Crippen LogP contribution in [0.2, 0.25) is 0 Å². The number of rotatable bonds is 12. The number of ether oxygens (including phenoxy) is 3. The molecule has 1 aliphatic heterocycles. The lowest BCUT2D eigenvalue weighted by Gasteiger charge is -2.64. The molecule has 0 spiro atoms. The van der Waals surface area contributed by atoms with Crippen LogP contribution in [0.1, 0.15) is 91.9 Å². The SMILES string of the molecule is CO[C@H]1[C@H](O[C@H]2CC[C@@]3(C)C(C2)[C@@H](O)C[C@@]2(O)C[C@@](C)([C@@H]([C@H](C)CCC[C@H](C)CO)[C@@H](O)CO)CCC23)OC[C@@H](O)[C@@H]1O. The molecular weight excluding hydrogens is 556 g/mol. The van der Waals surface area contributed by atoms with Crippen LogP contribution in [0.3, 0.4) is 0 Å². The summed E-state index contributed by atoms with van der Waals surface area (Å²) in [6.07, 6.45) is 1.53. The van der Waals surface area contributed by atoms with E-state index in [1.54, 1.807) is 0 Å². The zero-order valence-electron chi connectivity index (χ0n) is 27.0. The third-order valence-corrected chi connectivity index (χ3v) is 12.3. The number of methoxy groups -OCH3 is 1. The Kier molecular flexibility index (Phi) is 11.7. The van der Waals surface area contributed by atoms with Gasteiger partial charge in [0.15, 0.2) is 6.29 Å². The number of hydrogen-bond donors (Lipinski definition) is 7. The van der Waals surface area contributed by atoms with Crippen molar-refractivity contribution < 1.29 is 50.0 Å². The molecule has 1 heterocycles. The average Bonchev–Trinajstić information content (AvgIpc) is 2.95. The summed E-state index contributed by atoms with van der Waals surface area (Å²) in [5, 5.41) is 74.8. The Morgan fingerprint density at radius 1 is 0.977 bits per heavy atom. The number of hydrogen-bond acceptors (Lipinski definition) is 10. The maximum absolute atomic E-state index is 12.4. The van der Waals surface area contributed by atoms with Crippen LogP contribution in [0.25, 0.3) is 0 Å². The minimum atomic E-state index is -1.11. The Balaban J connectivity index is 1.47. The Labute approximate surface area is 257 Å². The van der Waals surface area contributed by atoms with E-state index in [-0.39, 0.29) is 67.3 Å². The molecule has 1 saturated heterocycles. The van der Waals surface area contributed by atoms with Crippen LogP contribution in [0.15, 0.2) is 0 Å². The van der Waals surface area contributed by atoms with Crippen LogP contribution < -0.4 is 0 Å². The van der Waals surface area contributed by atoms with E-state index in [9.17, 15) is 35.7 Å². The predicted octanol–water partition coefficient (Wildman–Crippen LogP) is 1.98. The zero-order valence-corrected chi connectivity index (χ0v) is 27.0. The largest absolute Gasteiger partial charge is 0.396 e. The van der Waals surface area contributed by atoms with Crippen molar-refractivity contribution in [2.45, 2.75) is 140 Å². The third kappa shape index (κ3) is 7.14. The molecule has 0 amide bonds. The molecule has 10 heteroatoms. The normalized spacial score (nSPS) is 46.3. The van der Waals surface area contributed by atoms with Gasteiger partial charge in [0, 0.05) is 20.1 Å². The summed E-state index contributed by atoms with van der Waals surface area (Å²) in [5.41, 5.74) is -1.79. The fourth-order valence-corrected chi connectivity index (χ4v) is 10.1. The van der Waals surface area contributed by atoms with Crippen molar-refractivity contribution >= 4 is 0 Å². The average molecular weight is 617 g/mol. The first kappa shape index (κ1) is 35.5. The first-order valence-electron chi connectivity index (χ1n) is 16.7. The van der Waals surface area contributed by atoms with Gasteiger partial charge in [0.2, 0.25) is 0 Å². The summed E-state index contributed by atoms with van der Waals surface area (Å²) >= 11 is 0. The van der Waals surface area contributed by atoms with Gasteiger partial charge in [-0.1, -0.05) is 40.5 Å². The van der Waals surface area contributed by atoms with Gasteiger partial charge in [-0.05, 0) is 85.4 Å². The smallest absolute Gasteiger partial charge is 0.186 e. The van der Waals surface area contributed by atoms with Crippen LogP contribution in [-0.4, -0.2) is 111 Å². The second kappa shape index (κ2) is 14.2. The monoisotopic (exact) mass is 616 g/mol. The number of aliphatic hydroxyl groups is 7. The van der Waals surface area contributed by atoms with Gasteiger partial charge in [-0.2, -0.15) is 0 Å². The minimum Gasteiger partial charge on any atom is -0.396 e. The van der Waals surface area contributed by atoms with Gasteiger partial charge in [-0.15, -0.1) is 0 Å². The fourth-order valence-electron chi connectivity index (χ4n) is 10.1. The van der Waals surface area contributed by atoms with Crippen molar-refractivity contribution in [3.8, 4) is 0 Å². The molecule has 3 saturated carbocycles. The molecule has 0 aromatic rings. The number of aliphatic hydroxyl groups excluding tert-OH is 6. The molecule has 0 radical (unpaired) electrons. The van der Waals surface area contributed by atoms with Crippen molar-refractivity contribution in [1.29, 1.82) is 0 Å². The van der Waals surface area contributed by atoms with E-state index in [0.717, 1.165) is 38.5 Å². The Hall–Kier alpha value is -0.400. The van der Waals surface area contributed by atoms with Gasteiger partial charge in [-0.25, -0.2) is 0 Å². The zero-order chi connectivity index (χ0) is 31.7. The van der Waals surface area contributed by atoms with Crippen molar-refractivity contribution in [3.63, 3.8) is 0 Å². The Morgan fingerprint density at radius 2 is 1.70 bits per heavy atom. The van der Waals surface area contributed by atoms with Gasteiger partial charge in [0.05, 0.1) is 37.1 Å². The molecule has 7 N–H and O–H groups in total. The quantitative estimate of drug-likeness (QED) is 0.161. The molecule has 0 aromatic heterocycles. The van der Waals surface area contributed by atoms with Gasteiger partial charge >= 0.3 is 0 Å². The predicted molar refractivity (Wildman–Crippen MR) is 160 cm³/mol. The van der Waals surface area contributed by atoms with Crippen LogP contribution in [0, 0.1) is 40.4 Å². The molecule has 43 heavy (non-hydrogen) atoms. The summed E-state index contributed by atoms with van der Waals surface area (Å²) in [5.74, 6) is 0.0723. The maximum Gasteiger partial charge on any atom is 0.186 e. The molecule has 0 aromatic carbocycles. The molecule has 0 bridgehead atoms. The lowest BCUT2D eigenvalue weighted by molar-refractivity contribution is -0.300. The van der Waals surface area contributed by atoms with E-state index < -0.39 is 47.8 Å². The van der Waals surface area contributed by atoms with Crippen molar-refractivity contribution in [2.75, 3.05) is 26.9 Å². The Bertz CT molecular complexity index is 892. The van der Waals surface area contributed by atoms with Crippen LogP contribution in [0.4, 0.5) is 0 Å². The molecular formula is C33H60O10. The summed E-state index contributed by atoms with van der Waals surface area (Å²) in [4.78, 5) is 0. The second-order valence-corrected chi connectivity index (χ2v) is 15.4. The second-order valence-electron chi connectivity index (χ2n) is 15.4. The highest BCUT2D eigenvalue weighted by molar-refractivity contribution is 5.14. The molecule has 10 nitrogen and oxygen atoms in total. The molecule has 4 aliphatic rings. The van der Waals surface area contributed by atoms with Gasteiger partial charge < -0.3 is 50.0 Å². The van der Waals surface area contributed by atoms with E-state index >= 15 is 0 Å². The Morgan fingerprint density at radius 3 is 2.35 bits per heavy atom. The summed E-state index contributed by atoms with van der Waals surface area (Å²) in [6.45, 7) is 8.30. The molecule has 252 valence electrons. The first-order valence-corrected chi connectivity index (χ1v) is 16.7. The number of fused-ring (bicyclic) bond motifs is 3. The van der Waals surface area contributed by atoms with Gasteiger partial charge in [-0.3, -0.25) is 0 Å².